The quantitative estimate of drug-likeness (QED) is 0.348. The van der Waals surface area contributed by atoms with Crippen LogP contribution in [0.1, 0.15) is 6.92 Å². The summed E-state index contributed by atoms with van der Waals surface area (Å²) in [5.41, 5.74) is 0. The summed E-state index contributed by atoms with van der Waals surface area (Å²) in [5.74, 6) is 1.05. The topological polar surface area (TPSA) is 27.7 Å². The Kier molecular flexibility index (Phi) is 8.71. The summed E-state index contributed by atoms with van der Waals surface area (Å²) in [7, 11) is 2.03. The first kappa shape index (κ1) is 16.6. The van der Waals surface area contributed by atoms with Crippen molar-refractivity contribution in [1.29, 1.82) is 0 Å². The smallest absolute Gasteiger partial charge is 0.0829 e. The van der Waals surface area contributed by atoms with Crippen LogP contribution in [0.15, 0.2) is 0 Å². The first-order valence-electron chi connectivity index (χ1n) is 6.75. The van der Waals surface area contributed by atoms with Crippen molar-refractivity contribution in [2.75, 3.05) is 65.1 Å². The number of ether oxygens (including phenoxy) is 1. The fourth-order valence-electron chi connectivity index (χ4n) is 2.05. The first-order valence-corrected chi connectivity index (χ1v) is 9.87. The van der Waals surface area contributed by atoms with E-state index >= 15 is 0 Å². The lowest BCUT2D eigenvalue weighted by Gasteiger charge is -2.34. The average molecular weight is 296 g/mol. The first-order chi connectivity index (χ1) is 8.61. The minimum absolute atomic E-state index is 0.119. The molecule has 0 bridgehead atoms. The molecule has 1 unspecified atom stereocenters. The van der Waals surface area contributed by atoms with Gasteiger partial charge in [-0.3, -0.25) is 4.90 Å². The van der Waals surface area contributed by atoms with Gasteiger partial charge in [-0.05, 0) is 19.8 Å². The van der Waals surface area contributed by atoms with Gasteiger partial charge in [-0.15, -0.1) is 11.7 Å². The van der Waals surface area contributed by atoms with E-state index in [0.717, 1.165) is 51.8 Å². The van der Waals surface area contributed by atoms with Crippen LogP contribution in [0.3, 0.4) is 0 Å². The minimum atomic E-state index is -0.119. The van der Waals surface area contributed by atoms with Gasteiger partial charge in [-0.25, -0.2) is 0 Å². The number of hydrogen-bond acceptors (Lipinski definition) is 5. The maximum Gasteiger partial charge on any atom is 0.0829 e. The molecule has 0 spiro atoms. The molecule has 0 saturated carbocycles. The SMILES string of the molecule is CCN(C)C[C@@H]1CN(CCNC[SH](C)S)CCO1. The van der Waals surface area contributed by atoms with Gasteiger partial charge in [0.05, 0.1) is 12.7 Å². The number of morpholine rings is 1. The van der Waals surface area contributed by atoms with Gasteiger partial charge in [0.1, 0.15) is 0 Å². The van der Waals surface area contributed by atoms with Crippen LogP contribution in [-0.4, -0.2) is 81.0 Å². The molecule has 1 fully saturated rings. The monoisotopic (exact) mass is 295 g/mol. The van der Waals surface area contributed by atoms with Crippen LogP contribution in [0.25, 0.3) is 0 Å². The Labute approximate surface area is 120 Å². The molecule has 1 aliphatic rings. The van der Waals surface area contributed by atoms with Crippen molar-refractivity contribution in [2.24, 2.45) is 0 Å². The highest BCUT2D eigenvalue weighted by Crippen LogP contribution is 2.21. The van der Waals surface area contributed by atoms with E-state index in [1.165, 1.54) is 0 Å². The Bertz CT molecular complexity index is 219. The summed E-state index contributed by atoms with van der Waals surface area (Å²) >= 11 is 4.42. The van der Waals surface area contributed by atoms with Crippen LogP contribution in [0, 0.1) is 0 Å². The van der Waals surface area contributed by atoms with Gasteiger partial charge in [0.15, 0.2) is 0 Å². The van der Waals surface area contributed by atoms with Gasteiger partial charge in [-0.2, -0.15) is 9.93 Å². The van der Waals surface area contributed by atoms with E-state index in [4.69, 9.17) is 4.74 Å². The van der Waals surface area contributed by atoms with Crippen LogP contribution in [-0.2, 0) is 4.74 Å². The molecule has 1 N–H and O–H groups in total. The highest BCUT2D eigenvalue weighted by molar-refractivity contribution is 8.77. The molecule has 0 radical (unpaired) electrons. The molecule has 6 heteroatoms. The van der Waals surface area contributed by atoms with Gasteiger partial charge < -0.3 is 15.0 Å². The molecule has 0 amide bonds. The van der Waals surface area contributed by atoms with Gasteiger partial charge in [0.2, 0.25) is 0 Å². The van der Waals surface area contributed by atoms with Crippen LogP contribution in [0.4, 0.5) is 0 Å². The van der Waals surface area contributed by atoms with Crippen molar-refractivity contribution in [3.8, 4) is 0 Å². The maximum absolute atomic E-state index is 5.81. The van der Waals surface area contributed by atoms with Crippen molar-refractivity contribution in [1.82, 2.24) is 15.1 Å². The number of rotatable bonds is 8. The second-order valence-electron chi connectivity index (χ2n) is 4.96. The predicted octanol–water partition coefficient (Wildman–Crippen LogP) is 0.662. The number of thiol groups is 2. The number of likely N-dealkylation sites (N-methyl/N-ethyl adjacent to an activating group) is 1. The fourth-order valence-corrected chi connectivity index (χ4v) is 2.83. The van der Waals surface area contributed by atoms with Gasteiger partial charge in [0.25, 0.3) is 0 Å². The lowest BCUT2D eigenvalue weighted by Crippen LogP contribution is -2.48. The summed E-state index contributed by atoms with van der Waals surface area (Å²) in [4.78, 5) is 4.82. The van der Waals surface area contributed by atoms with Gasteiger partial charge in [0, 0.05) is 38.6 Å². The Morgan fingerprint density at radius 3 is 3.00 bits per heavy atom. The molecule has 1 aliphatic heterocycles. The van der Waals surface area contributed by atoms with E-state index < -0.39 is 0 Å². The Morgan fingerprint density at radius 2 is 2.33 bits per heavy atom. The molecule has 110 valence electrons. The Balaban J connectivity index is 2.14. The van der Waals surface area contributed by atoms with Crippen LogP contribution in [0.5, 0.6) is 0 Å². The van der Waals surface area contributed by atoms with Crippen molar-refractivity contribution in [2.45, 2.75) is 13.0 Å². The summed E-state index contributed by atoms with van der Waals surface area (Å²) in [6.07, 6.45) is 2.55. The van der Waals surface area contributed by atoms with E-state index in [2.05, 4.69) is 47.0 Å². The number of nitrogens with zero attached hydrogens (tertiary/aromatic N) is 2. The standard InChI is InChI=1S/C12H29N3OS2/c1-4-14(2)9-12-10-15(7-8-16-12)6-5-13-11-18(3)17/h12-13,17-18H,4-11H2,1-3H3/t12-/m1/s1. The third-order valence-corrected chi connectivity index (χ3v) is 4.33. The van der Waals surface area contributed by atoms with E-state index in [9.17, 15) is 0 Å². The molecule has 4 nitrogen and oxygen atoms in total. The molecule has 0 aromatic heterocycles. The fraction of sp³-hybridized carbons (Fsp3) is 1.00. The molecular formula is C12H29N3OS2. The van der Waals surface area contributed by atoms with Crippen LogP contribution >= 0.6 is 21.6 Å². The summed E-state index contributed by atoms with van der Waals surface area (Å²) in [5, 5.41) is 3.46. The molecule has 0 aliphatic carbocycles. The van der Waals surface area contributed by atoms with Gasteiger partial charge >= 0.3 is 0 Å². The molecule has 1 heterocycles. The highest BCUT2D eigenvalue weighted by Gasteiger charge is 2.20. The summed E-state index contributed by atoms with van der Waals surface area (Å²) in [6, 6.07) is 0. The van der Waals surface area contributed by atoms with E-state index in [1.54, 1.807) is 0 Å². The van der Waals surface area contributed by atoms with Crippen molar-refractivity contribution >= 4 is 21.6 Å². The zero-order valence-corrected chi connectivity index (χ0v) is 13.7. The minimum Gasteiger partial charge on any atom is -0.374 e. The van der Waals surface area contributed by atoms with Crippen LogP contribution in [0.2, 0.25) is 0 Å². The lowest BCUT2D eigenvalue weighted by atomic mass is 10.2. The third-order valence-electron chi connectivity index (χ3n) is 3.22. The molecule has 0 aromatic carbocycles. The second kappa shape index (κ2) is 9.44. The van der Waals surface area contributed by atoms with Crippen LogP contribution < -0.4 is 5.32 Å². The molecule has 0 aromatic rings. The normalized spacial score (nSPS) is 24.5. The maximum atomic E-state index is 5.81. The molecule has 1 rings (SSSR count). The van der Waals surface area contributed by atoms with Crippen molar-refractivity contribution < 1.29 is 4.74 Å². The lowest BCUT2D eigenvalue weighted by molar-refractivity contribution is -0.0394. The summed E-state index contributed by atoms with van der Waals surface area (Å²) < 4.78 is 5.81. The summed E-state index contributed by atoms with van der Waals surface area (Å²) in [6.45, 7) is 9.49. The Hall–Kier alpha value is 0.540. The van der Waals surface area contributed by atoms with E-state index in [0.29, 0.717) is 6.10 Å². The van der Waals surface area contributed by atoms with Crippen molar-refractivity contribution in [3.63, 3.8) is 0 Å². The van der Waals surface area contributed by atoms with Crippen molar-refractivity contribution in [3.05, 3.63) is 0 Å². The average Bonchev–Trinajstić information content (AvgIpc) is 2.35. The number of hydrogen-bond donors (Lipinski definition) is 3. The molecule has 2 atom stereocenters. The third kappa shape index (κ3) is 7.21. The van der Waals surface area contributed by atoms with E-state index in [-0.39, 0.29) is 9.93 Å². The highest BCUT2D eigenvalue weighted by atomic mass is 33.1. The van der Waals surface area contributed by atoms with E-state index in [1.807, 2.05) is 0 Å². The zero-order chi connectivity index (χ0) is 13.4. The van der Waals surface area contributed by atoms with Gasteiger partial charge in [-0.1, -0.05) is 6.92 Å². The molecule has 18 heavy (non-hydrogen) atoms. The Morgan fingerprint density at radius 1 is 1.56 bits per heavy atom. The zero-order valence-electron chi connectivity index (χ0n) is 11.9. The number of nitrogens with one attached hydrogen (secondary N) is 1. The predicted molar refractivity (Wildman–Crippen MR) is 86.1 cm³/mol. The largest absolute Gasteiger partial charge is 0.374 e. The molecule has 1 saturated heterocycles. The molecular weight excluding hydrogens is 266 g/mol. The second-order valence-corrected chi connectivity index (χ2v) is 8.64.